The van der Waals surface area contributed by atoms with Crippen molar-refractivity contribution in [2.75, 3.05) is 12.1 Å². The van der Waals surface area contributed by atoms with E-state index in [9.17, 15) is 24.3 Å². The van der Waals surface area contributed by atoms with Crippen LogP contribution < -0.4 is 20.1 Å². The molecule has 4 atom stereocenters. The molecule has 4 aliphatic heterocycles. The van der Waals surface area contributed by atoms with Crippen LogP contribution in [0.4, 0.5) is 5.69 Å². The van der Waals surface area contributed by atoms with Crippen molar-refractivity contribution in [3.8, 4) is 11.5 Å². The molecule has 3 N–H and O–H groups in total. The number of ether oxygens (including phenoxy) is 2. The van der Waals surface area contributed by atoms with Gasteiger partial charge in [0.25, 0.3) is 0 Å². The van der Waals surface area contributed by atoms with Gasteiger partial charge in [0.1, 0.15) is 5.54 Å². The number of amides is 3. The summed E-state index contributed by atoms with van der Waals surface area (Å²) in [6, 6.07) is 8.29. The lowest BCUT2D eigenvalue weighted by molar-refractivity contribution is -0.144. The minimum absolute atomic E-state index is 0.0183. The molecule has 0 aliphatic carbocycles. The summed E-state index contributed by atoms with van der Waals surface area (Å²) in [5.74, 6) is -2.97. The summed E-state index contributed by atoms with van der Waals surface area (Å²) in [5, 5.41) is 15.5. The van der Waals surface area contributed by atoms with Crippen molar-refractivity contribution in [3.05, 3.63) is 52.6 Å². The number of hydrogen-bond donors (Lipinski definition) is 3. The summed E-state index contributed by atoms with van der Waals surface area (Å²) in [5.41, 5.74) is 2.38. The lowest BCUT2D eigenvalue weighted by Crippen LogP contribution is -2.53. The van der Waals surface area contributed by atoms with Crippen molar-refractivity contribution >= 4 is 29.4 Å². The number of fused-ring (bicyclic) bond motifs is 5. The first-order valence-electron chi connectivity index (χ1n) is 11.9. The molecular weight excluding hydrogens is 466 g/mol. The third-order valence-corrected chi connectivity index (χ3v) is 7.96. The number of aryl methyl sites for hydroxylation is 1. The van der Waals surface area contributed by atoms with Crippen molar-refractivity contribution in [1.29, 1.82) is 0 Å². The van der Waals surface area contributed by atoms with Gasteiger partial charge in [0.15, 0.2) is 11.5 Å². The van der Waals surface area contributed by atoms with E-state index in [4.69, 9.17) is 9.47 Å². The van der Waals surface area contributed by atoms with E-state index in [1.54, 1.807) is 18.2 Å². The monoisotopic (exact) mass is 491 g/mol. The third kappa shape index (κ3) is 3.00. The fraction of sp³-hybridized carbons (Fsp3) is 0.385. The number of nitrogens with one attached hydrogen (secondary N) is 2. The van der Waals surface area contributed by atoms with E-state index in [1.165, 1.54) is 4.90 Å². The first kappa shape index (κ1) is 22.5. The van der Waals surface area contributed by atoms with Gasteiger partial charge in [0, 0.05) is 23.7 Å². The molecule has 0 bridgehead atoms. The number of aliphatic carboxylic acids is 1. The van der Waals surface area contributed by atoms with Crippen LogP contribution in [0.2, 0.25) is 0 Å². The highest BCUT2D eigenvalue weighted by Crippen LogP contribution is 2.54. The maximum absolute atomic E-state index is 13.9. The highest BCUT2D eigenvalue weighted by atomic mass is 16.7. The Hall–Kier alpha value is -3.92. The number of anilines is 1. The van der Waals surface area contributed by atoms with E-state index in [1.807, 2.05) is 26.0 Å². The fourth-order valence-corrected chi connectivity index (χ4v) is 6.08. The molecule has 0 aromatic heterocycles. The molecule has 6 rings (SSSR count). The molecule has 3 amide bonds. The van der Waals surface area contributed by atoms with Crippen LogP contribution in [-0.4, -0.2) is 46.5 Å². The molecular formula is C26H25N3O7. The Labute approximate surface area is 206 Å². The number of imide groups is 1. The SMILES string of the molecule is Cc1ccc2c(c1C)NC(=O)[C@@]21N[C@H](CCC(=O)O)[C@H]2C(=O)N(Cc3ccc4c(c3)OCO4)C(=O)[C@H]21. The van der Waals surface area contributed by atoms with Crippen LogP contribution in [0.1, 0.15) is 35.1 Å². The van der Waals surface area contributed by atoms with Crippen molar-refractivity contribution < 1.29 is 33.8 Å². The van der Waals surface area contributed by atoms with Crippen LogP contribution in [0.15, 0.2) is 30.3 Å². The quantitative estimate of drug-likeness (QED) is 0.540. The maximum Gasteiger partial charge on any atom is 0.303 e. The van der Waals surface area contributed by atoms with Crippen molar-refractivity contribution in [2.24, 2.45) is 11.8 Å². The minimum Gasteiger partial charge on any atom is -0.481 e. The molecule has 0 radical (unpaired) electrons. The predicted octanol–water partition coefficient (Wildman–Crippen LogP) is 1.82. The van der Waals surface area contributed by atoms with Gasteiger partial charge in [-0.25, -0.2) is 0 Å². The number of hydrogen-bond acceptors (Lipinski definition) is 7. The Balaban J connectivity index is 1.41. The van der Waals surface area contributed by atoms with Crippen molar-refractivity contribution in [1.82, 2.24) is 10.2 Å². The second-order valence-corrected chi connectivity index (χ2v) is 9.83. The van der Waals surface area contributed by atoms with Crippen LogP contribution in [0.25, 0.3) is 0 Å². The topological polar surface area (TPSA) is 134 Å². The molecule has 1 spiro atoms. The van der Waals surface area contributed by atoms with Crippen LogP contribution in [0.3, 0.4) is 0 Å². The third-order valence-electron chi connectivity index (χ3n) is 7.96. The lowest BCUT2D eigenvalue weighted by atomic mass is 9.76. The van der Waals surface area contributed by atoms with Crippen molar-refractivity contribution in [3.63, 3.8) is 0 Å². The largest absolute Gasteiger partial charge is 0.481 e. The highest BCUT2D eigenvalue weighted by Gasteiger charge is 2.70. The van der Waals surface area contributed by atoms with Crippen LogP contribution in [-0.2, 0) is 31.3 Å². The highest BCUT2D eigenvalue weighted by molar-refractivity contribution is 6.15. The van der Waals surface area contributed by atoms with E-state index in [2.05, 4.69) is 10.6 Å². The summed E-state index contributed by atoms with van der Waals surface area (Å²) in [4.78, 5) is 53.7. The number of nitrogens with zero attached hydrogens (tertiary/aromatic N) is 1. The van der Waals surface area contributed by atoms with E-state index >= 15 is 0 Å². The Morgan fingerprint density at radius 2 is 1.89 bits per heavy atom. The van der Waals surface area contributed by atoms with Gasteiger partial charge in [-0.3, -0.25) is 29.4 Å². The molecule has 10 heteroatoms. The molecule has 10 nitrogen and oxygen atoms in total. The molecule has 186 valence electrons. The zero-order chi connectivity index (χ0) is 25.4. The second kappa shape index (κ2) is 7.79. The van der Waals surface area contributed by atoms with Gasteiger partial charge >= 0.3 is 5.97 Å². The first-order chi connectivity index (χ1) is 17.2. The normalized spacial score (nSPS) is 27.6. The van der Waals surface area contributed by atoms with E-state index < -0.39 is 47.1 Å². The Morgan fingerprint density at radius 3 is 2.67 bits per heavy atom. The van der Waals surface area contributed by atoms with E-state index in [0.717, 1.165) is 11.1 Å². The number of likely N-dealkylation sites (tertiary alicyclic amines) is 1. The Morgan fingerprint density at radius 1 is 1.11 bits per heavy atom. The van der Waals surface area contributed by atoms with Crippen LogP contribution in [0.5, 0.6) is 11.5 Å². The van der Waals surface area contributed by atoms with Gasteiger partial charge in [-0.2, -0.15) is 0 Å². The standard InChI is InChI=1S/C26H25N3O7/c1-12-3-5-15-22(13(12)2)27-25(34)26(15)21-20(16(28-26)6-8-19(30)31)23(32)29(24(21)33)10-14-4-7-17-18(9-14)36-11-35-17/h3-5,7,9,16,20-21,28H,6,8,10-11H2,1-2H3,(H,27,34)(H,30,31)/t16-,20-,21+,26-/m1/s1. The zero-order valence-electron chi connectivity index (χ0n) is 19.8. The number of carboxylic acids is 1. The number of benzene rings is 2. The number of carbonyl (C=O) groups is 4. The molecule has 4 heterocycles. The van der Waals surface area contributed by atoms with Crippen molar-refractivity contribution in [2.45, 2.75) is 44.8 Å². The van der Waals surface area contributed by atoms with E-state index in [0.29, 0.717) is 28.3 Å². The van der Waals surface area contributed by atoms with Gasteiger partial charge in [0.2, 0.25) is 24.5 Å². The molecule has 2 aromatic carbocycles. The maximum atomic E-state index is 13.9. The molecule has 0 saturated carbocycles. The average molecular weight is 492 g/mol. The van der Waals surface area contributed by atoms with Crippen LogP contribution >= 0.6 is 0 Å². The fourth-order valence-electron chi connectivity index (χ4n) is 6.08. The summed E-state index contributed by atoms with van der Waals surface area (Å²) in [7, 11) is 0. The molecule has 4 aliphatic rings. The summed E-state index contributed by atoms with van der Waals surface area (Å²) in [6.07, 6.45) is -0.0788. The van der Waals surface area contributed by atoms with Gasteiger partial charge in [-0.05, 0) is 49.1 Å². The number of carbonyl (C=O) groups excluding carboxylic acids is 3. The molecule has 0 unspecified atom stereocenters. The Bertz CT molecular complexity index is 1360. The number of carboxylic acid groups (broad SMARTS) is 1. The summed E-state index contributed by atoms with van der Waals surface area (Å²) in [6.45, 7) is 3.96. The van der Waals surface area contributed by atoms with Gasteiger partial charge in [-0.1, -0.05) is 18.2 Å². The summed E-state index contributed by atoms with van der Waals surface area (Å²) < 4.78 is 10.8. The first-order valence-corrected chi connectivity index (χ1v) is 11.9. The smallest absolute Gasteiger partial charge is 0.303 e. The van der Waals surface area contributed by atoms with Gasteiger partial charge in [0.05, 0.1) is 18.4 Å². The average Bonchev–Trinajstić information content (AvgIpc) is 3.57. The molecule has 2 saturated heterocycles. The second-order valence-electron chi connectivity index (χ2n) is 9.83. The predicted molar refractivity (Wildman–Crippen MR) is 125 cm³/mol. The zero-order valence-corrected chi connectivity index (χ0v) is 19.8. The van der Waals surface area contributed by atoms with Gasteiger partial charge < -0.3 is 19.9 Å². The van der Waals surface area contributed by atoms with Crippen LogP contribution in [0, 0.1) is 25.7 Å². The lowest BCUT2D eigenvalue weighted by Gasteiger charge is -2.29. The molecule has 36 heavy (non-hydrogen) atoms. The minimum atomic E-state index is -1.45. The summed E-state index contributed by atoms with van der Waals surface area (Å²) >= 11 is 0. The van der Waals surface area contributed by atoms with E-state index in [-0.39, 0.29) is 26.2 Å². The molecule has 2 aromatic rings. The Kier molecular flexibility index (Phi) is 4.88. The number of rotatable bonds is 5. The van der Waals surface area contributed by atoms with Gasteiger partial charge in [-0.15, -0.1) is 0 Å². The molecule has 2 fully saturated rings.